The number of unbranched alkanes of at least 4 members (excludes halogenated alkanes) is 5. The van der Waals surface area contributed by atoms with Crippen LogP contribution in [0.3, 0.4) is 0 Å². The highest BCUT2D eigenvalue weighted by molar-refractivity contribution is 7.99. The molecule has 0 bridgehead atoms. The Morgan fingerprint density at radius 3 is 2.42 bits per heavy atom. The van der Waals surface area contributed by atoms with Crippen LogP contribution in [-0.4, -0.2) is 38.4 Å². The van der Waals surface area contributed by atoms with Crippen molar-refractivity contribution in [1.29, 1.82) is 0 Å². The van der Waals surface area contributed by atoms with Gasteiger partial charge in [0.2, 0.25) is 5.91 Å². The van der Waals surface area contributed by atoms with Gasteiger partial charge in [0, 0.05) is 17.0 Å². The summed E-state index contributed by atoms with van der Waals surface area (Å²) in [5.74, 6) is 0.641. The highest BCUT2D eigenvalue weighted by Gasteiger charge is 2.16. The smallest absolute Gasteiger partial charge is 0.245 e. The van der Waals surface area contributed by atoms with Gasteiger partial charge >= 0.3 is 0 Å². The molecular formula is C24H32N4O2S. The Morgan fingerprint density at radius 1 is 1.06 bits per heavy atom. The summed E-state index contributed by atoms with van der Waals surface area (Å²) in [6, 6.07) is 12.0. The van der Waals surface area contributed by atoms with E-state index in [1.165, 1.54) is 38.5 Å². The Bertz CT molecular complexity index is 969. The minimum Gasteiger partial charge on any atom is -0.387 e. The molecule has 1 heterocycles. The molecule has 1 aromatic heterocycles. The summed E-state index contributed by atoms with van der Waals surface area (Å²) >= 11 is 1.82. The van der Waals surface area contributed by atoms with Gasteiger partial charge < -0.3 is 10.4 Å². The third-order valence-corrected chi connectivity index (χ3v) is 6.36. The first kappa shape index (κ1) is 23.3. The zero-order valence-corrected chi connectivity index (χ0v) is 19.2. The average Bonchev–Trinajstić information content (AvgIpc) is 3.21. The number of aliphatic hydroxyl groups is 1. The molecule has 0 atom stereocenters. The van der Waals surface area contributed by atoms with E-state index >= 15 is 0 Å². The van der Waals surface area contributed by atoms with Gasteiger partial charge in [-0.15, -0.1) is 22.0 Å². The van der Waals surface area contributed by atoms with E-state index in [1.54, 1.807) is 4.80 Å². The van der Waals surface area contributed by atoms with Crippen LogP contribution < -0.4 is 5.32 Å². The Hall–Kier alpha value is -2.38. The van der Waals surface area contributed by atoms with Crippen molar-refractivity contribution in [3.05, 3.63) is 47.5 Å². The summed E-state index contributed by atoms with van der Waals surface area (Å²) in [5.41, 5.74) is 4.62. The van der Waals surface area contributed by atoms with E-state index in [2.05, 4.69) is 35.4 Å². The lowest BCUT2D eigenvalue weighted by Crippen LogP contribution is -2.26. The van der Waals surface area contributed by atoms with Crippen LogP contribution in [0.1, 0.15) is 56.6 Å². The SMILES string of the molecule is CCCCCCCCSc1cc(C)cc(-n2nc3ccccc3n2)c1CNC(=O)CO. The van der Waals surface area contributed by atoms with E-state index < -0.39 is 12.5 Å². The standard InChI is InChI=1S/C24H32N4O2S/c1-3-4-5-6-7-10-13-31-23-15-18(2)14-22(19(23)16-25-24(30)17-29)28-26-20-11-8-9-12-21(20)27-28/h8-9,11-12,14-15,29H,3-7,10,13,16-17H2,1-2H3,(H,25,30). The molecule has 0 fully saturated rings. The van der Waals surface area contributed by atoms with Crippen LogP contribution in [0.2, 0.25) is 0 Å². The van der Waals surface area contributed by atoms with E-state index in [9.17, 15) is 4.79 Å². The molecule has 3 aromatic rings. The Labute approximate surface area is 188 Å². The van der Waals surface area contributed by atoms with Crippen molar-refractivity contribution < 1.29 is 9.90 Å². The van der Waals surface area contributed by atoms with E-state index in [0.29, 0.717) is 6.54 Å². The molecule has 0 unspecified atom stereocenters. The highest BCUT2D eigenvalue weighted by atomic mass is 32.2. The molecule has 31 heavy (non-hydrogen) atoms. The number of carbonyl (C=O) groups is 1. The number of nitrogens with zero attached hydrogens (tertiary/aromatic N) is 3. The maximum Gasteiger partial charge on any atom is 0.245 e. The van der Waals surface area contributed by atoms with E-state index in [0.717, 1.165) is 38.5 Å². The normalized spacial score (nSPS) is 11.2. The van der Waals surface area contributed by atoms with Crippen molar-refractivity contribution in [2.45, 2.75) is 63.8 Å². The van der Waals surface area contributed by atoms with Gasteiger partial charge in [-0.2, -0.15) is 4.80 Å². The summed E-state index contributed by atoms with van der Waals surface area (Å²) in [4.78, 5) is 14.5. The monoisotopic (exact) mass is 440 g/mol. The lowest BCUT2D eigenvalue weighted by Gasteiger charge is -2.16. The van der Waals surface area contributed by atoms with Gasteiger partial charge in [0.15, 0.2) is 0 Å². The minimum absolute atomic E-state index is 0.325. The third kappa shape index (κ3) is 6.55. The fraction of sp³-hybridized carbons (Fsp3) is 0.458. The van der Waals surface area contributed by atoms with Crippen LogP contribution in [0.4, 0.5) is 0 Å². The van der Waals surface area contributed by atoms with Gasteiger partial charge in [-0.3, -0.25) is 4.79 Å². The molecule has 0 aliphatic heterocycles. The molecule has 0 radical (unpaired) electrons. The first-order chi connectivity index (χ1) is 15.1. The summed E-state index contributed by atoms with van der Waals surface area (Å²) < 4.78 is 0. The van der Waals surface area contributed by atoms with E-state index in [1.807, 2.05) is 42.1 Å². The van der Waals surface area contributed by atoms with Crippen LogP contribution >= 0.6 is 11.8 Å². The second-order valence-corrected chi connectivity index (χ2v) is 8.93. The summed E-state index contributed by atoms with van der Waals surface area (Å²) in [6.45, 7) is 4.11. The van der Waals surface area contributed by atoms with Gasteiger partial charge in [-0.25, -0.2) is 0 Å². The molecule has 6 nitrogen and oxygen atoms in total. The molecule has 2 aromatic carbocycles. The molecule has 0 spiro atoms. The molecule has 3 rings (SSSR count). The van der Waals surface area contributed by atoms with Crippen molar-refractivity contribution in [2.24, 2.45) is 0 Å². The number of aliphatic hydroxyl groups excluding tert-OH is 1. The molecule has 2 N–H and O–H groups in total. The predicted molar refractivity (Wildman–Crippen MR) is 127 cm³/mol. The van der Waals surface area contributed by atoms with Crippen LogP contribution in [0.15, 0.2) is 41.3 Å². The van der Waals surface area contributed by atoms with Crippen molar-refractivity contribution in [2.75, 3.05) is 12.4 Å². The minimum atomic E-state index is -0.522. The topological polar surface area (TPSA) is 80.0 Å². The number of aryl methyl sites for hydroxylation is 1. The molecule has 166 valence electrons. The van der Waals surface area contributed by atoms with Crippen molar-refractivity contribution in [3.8, 4) is 5.69 Å². The van der Waals surface area contributed by atoms with Gasteiger partial charge in [0.25, 0.3) is 0 Å². The number of hydrogen-bond acceptors (Lipinski definition) is 5. The molecule has 0 aliphatic rings. The lowest BCUT2D eigenvalue weighted by molar-refractivity contribution is -0.123. The molecule has 0 saturated carbocycles. The molecule has 0 aliphatic carbocycles. The Morgan fingerprint density at radius 2 is 1.74 bits per heavy atom. The van der Waals surface area contributed by atoms with Crippen molar-refractivity contribution in [3.63, 3.8) is 0 Å². The zero-order valence-electron chi connectivity index (χ0n) is 18.4. The molecule has 7 heteroatoms. The maximum absolute atomic E-state index is 11.7. The summed E-state index contributed by atoms with van der Waals surface area (Å²) in [5, 5.41) is 21.2. The number of aromatic nitrogens is 3. The van der Waals surface area contributed by atoms with Crippen molar-refractivity contribution >= 4 is 28.7 Å². The third-order valence-electron chi connectivity index (χ3n) is 5.19. The first-order valence-electron chi connectivity index (χ1n) is 11.1. The van der Waals surface area contributed by atoms with E-state index in [4.69, 9.17) is 5.11 Å². The summed E-state index contributed by atoms with van der Waals surface area (Å²) in [7, 11) is 0. The van der Waals surface area contributed by atoms with Crippen molar-refractivity contribution in [1.82, 2.24) is 20.3 Å². The number of hydrogen-bond donors (Lipinski definition) is 2. The average molecular weight is 441 g/mol. The first-order valence-corrected chi connectivity index (χ1v) is 12.1. The van der Waals surface area contributed by atoms with Crippen LogP contribution in [0.5, 0.6) is 0 Å². The maximum atomic E-state index is 11.7. The largest absolute Gasteiger partial charge is 0.387 e. The van der Waals surface area contributed by atoms with Crippen LogP contribution in [0, 0.1) is 6.92 Å². The quantitative estimate of drug-likeness (QED) is 0.313. The lowest BCUT2D eigenvalue weighted by atomic mass is 10.1. The summed E-state index contributed by atoms with van der Waals surface area (Å²) in [6.07, 6.45) is 7.59. The number of thioether (sulfide) groups is 1. The molecular weight excluding hydrogens is 408 g/mol. The fourth-order valence-corrected chi connectivity index (χ4v) is 4.71. The van der Waals surface area contributed by atoms with Crippen LogP contribution in [-0.2, 0) is 11.3 Å². The Kier molecular flexibility index (Phi) is 8.91. The number of amides is 1. The highest BCUT2D eigenvalue weighted by Crippen LogP contribution is 2.30. The van der Waals surface area contributed by atoms with Gasteiger partial charge in [0.05, 0.1) is 5.69 Å². The number of fused-ring (bicyclic) bond motifs is 1. The van der Waals surface area contributed by atoms with E-state index in [-0.39, 0.29) is 0 Å². The molecule has 0 saturated heterocycles. The number of nitrogens with one attached hydrogen (secondary N) is 1. The number of benzene rings is 2. The number of rotatable bonds is 12. The number of carbonyl (C=O) groups excluding carboxylic acids is 1. The second-order valence-electron chi connectivity index (χ2n) is 7.79. The zero-order chi connectivity index (χ0) is 22.1. The predicted octanol–water partition coefficient (Wildman–Crippen LogP) is 4.79. The van der Waals surface area contributed by atoms with Gasteiger partial charge in [-0.05, 0) is 48.9 Å². The van der Waals surface area contributed by atoms with Crippen LogP contribution in [0.25, 0.3) is 16.7 Å². The van der Waals surface area contributed by atoms with Gasteiger partial charge in [0.1, 0.15) is 17.6 Å². The second kappa shape index (κ2) is 11.9. The van der Waals surface area contributed by atoms with Gasteiger partial charge in [-0.1, -0.05) is 51.2 Å². The Balaban J connectivity index is 1.83. The fourth-order valence-electron chi connectivity index (χ4n) is 3.52. The molecule has 1 amide bonds.